The van der Waals surface area contributed by atoms with Gasteiger partial charge in [-0.05, 0) is 61.7 Å². The van der Waals surface area contributed by atoms with E-state index in [-0.39, 0.29) is 23.7 Å². The fraction of sp³-hybridized carbons (Fsp3) is 0.250. The van der Waals surface area contributed by atoms with Crippen LogP contribution < -0.4 is 10.1 Å². The maximum absolute atomic E-state index is 14.9. The zero-order valence-electron chi connectivity index (χ0n) is 20.3. The van der Waals surface area contributed by atoms with Crippen molar-refractivity contribution in [2.45, 2.75) is 38.1 Å². The minimum atomic E-state index is -0.374. The maximum atomic E-state index is 14.9. The molecule has 9 heteroatoms. The monoisotopic (exact) mass is 496 g/mol. The van der Waals surface area contributed by atoms with Crippen LogP contribution in [0.15, 0.2) is 66.5 Å². The first-order chi connectivity index (χ1) is 18.1. The molecule has 8 nitrogen and oxygen atoms in total. The number of hydrogen-bond donors (Lipinski definition) is 1. The molecule has 1 N–H and O–H groups in total. The van der Waals surface area contributed by atoms with Gasteiger partial charge in [-0.25, -0.2) is 9.37 Å². The summed E-state index contributed by atoms with van der Waals surface area (Å²) >= 11 is 0. The van der Waals surface area contributed by atoms with Gasteiger partial charge in [-0.15, -0.1) is 10.2 Å². The van der Waals surface area contributed by atoms with Crippen LogP contribution in [0.3, 0.4) is 0 Å². The van der Waals surface area contributed by atoms with E-state index in [4.69, 9.17) is 4.74 Å². The first-order valence-electron chi connectivity index (χ1n) is 12.4. The number of nitrogens with one attached hydrogen (secondary N) is 1. The molecule has 1 fully saturated rings. The van der Waals surface area contributed by atoms with Crippen LogP contribution in [-0.4, -0.2) is 43.3 Å². The van der Waals surface area contributed by atoms with Gasteiger partial charge in [0.05, 0.1) is 24.2 Å². The minimum absolute atomic E-state index is 0.00731. The Morgan fingerprint density at radius 3 is 2.73 bits per heavy atom. The number of para-hydroxylation sites is 1. The van der Waals surface area contributed by atoms with Crippen LogP contribution in [0.4, 0.5) is 4.39 Å². The van der Waals surface area contributed by atoms with Gasteiger partial charge < -0.3 is 10.1 Å². The number of fused-ring (bicyclic) bond motifs is 1. The van der Waals surface area contributed by atoms with Gasteiger partial charge in [-0.3, -0.25) is 14.3 Å². The van der Waals surface area contributed by atoms with Crippen LogP contribution in [0.1, 0.15) is 42.8 Å². The summed E-state index contributed by atoms with van der Waals surface area (Å²) in [5.41, 5.74) is 3.56. The second-order valence-electron chi connectivity index (χ2n) is 9.21. The quantitative estimate of drug-likeness (QED) is 0.411. The largest absolute Gasteiger partial charge is 0.492 e. The number of rotatable bonds is 7. The molecule has 1 saturated carbocycles. The van der Waals surface area contributed by atoms with Gasteiger partial charge in [-0.1, -0.05) is 18.2 Å². The Balaban J connectivity index is 1.22. The fourth-order valence-electron chi connectivity index (χ4n) is 4.88. The molecule has 1 amide bonds. The molecular weight excluding hydrogens is 471 g/mol. The lowest BCUT2D eigenvalue weighted by molar-refractivity contribution is -0.118. The van der Waals surface area contributed by atoms with Crippen LogP contribution in [0, 0.1) is 5.82 Å². The smallest absolute Gasteiger partial charge is 0.247 e. The number of amides is 1. The number of benzene rings is 1. The zero-order chi connectivity index (χ0) is 25.4. The van der Waals surface area contributed by atoms with Crippen LogP contribution in [0.25, 0.3) is 23.3 Å². The molecule has 0 spiro atoms. The first-order valence-corrected chi connectivity index (χ1v) is 12.4. The summed E-state index contributed by atoms with van der Waals surface area (Å²) in [6, 6.07) is 14.0. The van der Waals surface area contributed by atoms with Crippen molar-refractivity contribution in [3.63, 3.8) is 0 Å². The zero-order valence-corrected chi connectivity index (χ0v) is 20.3. The van der Waals surface area contributed by atoms with Crippen LogP contribution >= 0.6 is 0 Å². The molecule has 0 saturated heterocycles. The third-order valence-electron chi connectivity index (χ3n) is 6.80. The van der Waals surface area contributed by atoms with E-state index in [9.17, 15) is 9.18 Å². The SMILES string of the molecule is CCOc1ccc(-c2nnc(C3CC(NC(=O)C4=Cc5cccnc5C4)C3)n2-c2ccccc2F)nc1. The Morgan fingerprint density at radius 1 is 1.11 bits per heavy atom. The molecule has 3 heterocycles. The molecule has 3 aromatic heterocycles. The predicted octanol–water partition coefficient (Wildman–Crippen LogP) is 4.26. The van der Waals surface area contributed by atoms with Crippen molar-refractivity contribution in [3.05, 3.63) is 89.4 Å². The number of carbonyl (C=O) groups excluding carboxylic acids is 1. The molecule has 0 atom stereocenters. The van der Waals surface area contributed by atoms with Crippen LogP contribution in [0.5, 0.6) is 5.75 Å². The van der Waals surface area contributed by atoms with Crippen molar-refractivity contribution in [2.24, 2.45) is 0 Å². The summed E-state index contributed by atoms with van der Waals surface area (Å²) < 4.78 is 22.2. The number of nitrogens with zero attached hydrogens (tertiary/aromatic N) is 5. The number of aromatic nitrogens is 5. The van der Waals surface area contributed by atoms with E-state index >= 15 is 0 Å². The topological polar surface area (TPSA) is 94.8 Å². The van der Waals surface area contributed by atoms with Gasteiger partial charge in [0.1, 0.15) is 23.1 Å². The molecular formula is C28H25FN6O2. The van der Waals surface area contributed by atoms with Gasteiger partial charge >= 0.3 is 0 Å². The van der Waals surface area contributed by atoms with Crippen LogP contribution in [-0.2, 0) is 11.2 Å². The number of pyridine rings is 2. The first kappa shape index (κ1) is 23.0. The molecule has 0 aliphatic heterocycles. The molecule has 2 aliphatic rings. The Bertz CT molecular complexity index is 1490. The van der Waals surface area contributed by atoms with E-state index in [1.54, 1.807) is 41.2 Å². The summed E-state index contributed by atoms with van der Waals surface area (Å²) in [5, 5.41) is 12.0. The molecule has 186 valence electrons. The lowest BCUT2D eigenvalue weighted by Gasteiger charge is -2.35. The molecule has 0 radical (unpaired) electrons. The number of halogens is 1. The lowest BCUT2D eigenvalue weighted by atomic mass is 9.79. The van der Waals surface area contributed by atoms with Gasteiger partial charge in [0.2, 0.25) is 5.91 Å². The third-order valence-corrected chi connectivity index (χ3v) is 6.80. The predicted molar refractivity (Wildman–Crippen MR) is 136 cm³/mol. The Labute approximate surface area is 213 Å². The van der Waals surface area contributed by atoms with Crippen molar-refractivity contribution in [1.29, 1.82) is 0 Å². The van der Waals surface area contributed by atoms with Crippen molar-refractivity contribution in [1.82, 2.24) is 30.0 Å². The molecule has 6 rings (SSSR count). The van der Waals surface area contributed by atoms with Gasteiger partial charge in [-0.2, -0.15) is 0 Å². The van der Waals surface area contributed by atoms with E-state index in [2.05, 4.69) is 25.5 Å². The van der Waals surface area contributed by atoms with Gasteiger partial charge in [0.25, 0.3) is 0 Å². The molecule has 2 aliphatic carbocycles. The van der Waals surface area contributed by atoms with E-state index in [0.717, 1.165) is 16.8 Å². The van der Waals surface area contributed by atoms with Crippen LogP contribution in [0.2, 0.25) is 0 Å². The Kier molecular flexibility index (Phi) is 5.96. The summed E-state index contributed by atoms with van der Waals surface area (Å²) in [5.74, 6) is 1.33. The van der Waals surface area contributed by atoms with E-state index < -0.39 is 0 Å². The highest BCUT2D eigenvalue weighted by molar-refractivity contribution is 6.00. The van der Waals surface area contributed by atoms with E-state index in [1.165, 1.54) is 6.07 Å². The highest BCUT2D eigenvalue weighted by Gasteiger charge is 2.37. The molecule has 37 heavy (non-hydrogen) atoms. The second-order valence-corrected chi connectivity index (χ2v) is 9.21. The van der Waals surface area contributed by atoms with E-state index in [1.807, 2.05) is 31.2 Å². The minimum Gasteiger partial charge on any atom is -0.492 e. The van der Waals surface area contributed by atoms with Gasteiger partial charge in [0, 0.05) is 30.2 Å². The average Bonchev–Trinajstić information content (AvgIpc) is 3.52. The lowest BCUT2D eigenvalue weighted by Crippen LogP contribution is -2.44. The van der Waals surface area contributed by atoms with Crippen molar-refractivity contribution >= 4 is 12.0 Å². The van der Waals surface area contributed by atoms with Crippen molar-refractivity contribution in [2.75, 3.05) is 6.61 Å². The number of hydrogen-bond acceptors (Lipinski definition) is 6. The molecule has 0 bridgehead atoms. The molecule has 4 aromatic rings. The highest BCUT2D eigenvalue weighted by Crippen LogP contribution is 2.39. The summed E-state index contributed by atoms with van der Waals surface area (Å²) in [6.07, 6.45) is 7.18. The second kappa shape index (κ2) is 9.57. The highest BCUT2D eigenvalue weighted by atomic mass is 19.1. The summed E-state index contributed by atoms with van der Waals surface area (Å²) in [7, 11) is 0. The standard InChI is InChI=1S/C28H25FN6O2/c1-2-37-21-9-10-23(31-16-21)27-34-33-26(35(27)25-8-4-3-7-22(25)29)18-13-20(14-18)32-28(36)19-12-17-6-5-11-30-24(17)15-19/h3-12,16,18,20H,2,13-15H2,1H3,(H,32,36). The molecule has 1 aromatic carbocycles. The Hall–Kier alpha value is -4.40. The third kappa shape index (κ3) is 4.37. The Morgan fingerprint density at radius 2 is 1.97 bits per heavy atom. The van der Waals surface area contributed by atoms with E-state index in [0.29, 0.717) is 54.6 Å². The van der Waals surface area contributed by atoms with Crippen molar-refractivity contribution in [3.8, 4) is 23.0 Å². The number of ether oxygens (including phenoxy) is 1. The molecule has 0 unspecified atom stereocenters. The van der Waals surface area contributed by atoms with Crippen molar-refractivity contribution < 1.29 is 13.9 Å². The summed E-state index contributed by atoms with van der Waals surface area (Å²) in [6.45, 7) is 2.45. The number of carbonyl (C=O) groups is 1. The average molecular weight is 497 g/mol. The maximum Gasteiger partial charge on any atom is 0.247 e. The summed E-state index contributed by atoms with van der Waals surface area (Å²) in [4.78, 5) is 21.7. The van der Waals surface area contributed by atoms with Gasteiger partial charge in [0.15, 0.2) is 5.82 Å². The fourth-order valence-corrected chi connectivity index (χ4v) is 4.88. The normalized spacial score (nSPS) is 18.1.